The van der Waals surface area contributed by atoms with Gasteiger partial charge in [-0.2, -0.15) is 9.97 Å². The molecule has 2 aliphatic rings. The van der Waals surface area contributed by atoms with Crippen LogP contribution in [0.2, 0.25) is 0 Å². The molecule has 7 heterocycles. The molecule has 5 aromatic heterocycles. The molecule has 2 aliphatic heterocycles. The van der Waals surface area contributed by atoms with Gasteiger partial charge in [-0.3, -0.25) is 9.69 Å². The van der Waals surface area contributed by atoms with Crippen molar-refractivity contribution in [2.45, 2.75) is 32.1 Å². The molecule has 0 unspecified atom stereocenters. The maximum atomic E-state index is 13.2. The zero-order valence-corrected chi connectivity index (χ0v) is 39.2. The summed E-state index contributed by atoms with van der Waals surface area (Å²) in [4.78, 5) is 54.8. The minimum atomic E-state index is -0.233. The van der Waals surface area contributed by atoms with Gasteiger partial charge in [0.2, 0.25) is 17.8 Å². The highest BCUT2D eigenvalue weighted by Gasteiger charge is 2.25. The van der Waals surface area contributed by atoms with Crippen LogP contribution in [0.25, 0.3) is 20.7 Å². The van der Waals surface area contributed by atoms with E-state index in [4.69, 9.17) is 21.4 Å². The van der Waals surface area contributed by atoms with Gasteiger partial charge in [0.05, 0.1) is 16.6 Å². The highest BCUT2D eigenvalue weighted by molar-refractivity contribution is 7.18. The van der Waals surface area contributed by atoms with Gasteiger partial charge < -0.3 is 31.5 Å². The monoisotopic (exact) mass is 960 g/mol. The molecule has 10 rings (SSSR count). The summed E-state index contributed by atoms with van der Waals surface area (Å²) < 4.78 is 26.3. The number of nitrogen functional groups attached to an aromatic ring is 2. The molecule has 3 aromatic carbocycles. The van der Waals surface area contributed by atoms with Crippen LogP contribution in [-0.2, 0) is 36.9 Å². The van der Waals surface area contributed by atoms with E-state index in [0.717, 1.165) is 143 Å². The Hall–Kier alpha value is -6.48. The number of carbonyl (C=O) groups is 1. The third-order valence-electron chi connectivity index (χ3n) is 11.6. The Morgan fingerprint density at radius 1 is 0.582 bits per heavy atom. The highest BCUT2D eigenvalue weighted by Crippen LogP contribution is 2.32. The van der Waals surface area contributed by atoms with E-state index in [1.807, 2.05) is 41.9 Å². The average Bonchev–Trinajstić information content (AvgIpc) is 4.13. The second kappa shape index (κ2) is 21.4. The normalized spacial score (nSPS) is 14.4. The summed E-state index contributed by atoms with van der Waals surface area (Å²) in [6.07, 6.45) is 5.73. The summed E-state index contributed by atoms with van der Waals surface area (Å²) in [7, 11) is 0. The number of piperazine rings is 2. The van der Waals surface area contributed by atoms with Gasteiger partial charge in [-0.15, -0.1) is 11.3 Å². The number of anilines is 5. The van der Waals surface area contributed by atoms with E-state index >= 15 is 0 Å². The summed E-state index contributed by atoms with van der Waals surface area (Å²) in [6, 6.07) is 23.3. The van der Waals surface area contributed by atoms with Gasteiger partial charge in [0.15, 0.2) is 26.4 Å². The smallest absolute Gasteiger partial charge is 0.234 e. The molecular formula is C47H50F2N14OS3. The number of nitrogens with one attached hydrogen (secondary N) is 1. The summed E-state index contributed by atoms with van der Waals surface area (Å²) in [5.41, 5.74) is 17.0. The number of halogens is 2. The van der Waals surface area contributed by atoms with E-state index in [0.29, 0.717) is 13.1 Å². The number of thiazole rings is 3. The first-order valence-corrected chi connectivity index (χ1v) is 24.7. The fourth-order valence-corrected chi connectivity index (χ4v) is 10.6. The Kier molecular flexibility index (Phi) is 14.6. The maximum Gasteiger partial charge on any atom is 0.234 e. The molecule has 67 heavy (non-hydrogen) atoms. The van der Waals surface area contributed by atoms with Crippen molar-refractivity contribution in [2.75, 3.05) is 91.6 Å². The molecule has 0 saturated carbocycles. The van der Waals surface area contributed by atoms with Crippen LogP contribution in [0.1, 0.15) is 26.7 Å². The maximum absolute atomic E-state index is 13.2. The van der Waals surface area contributed by atoms with E-state index in [-0.39, 0.29) is 29.4 Å². The first-order valence-electron chi connectivity index (χ1n) is 22.2. The Labute approximate surface area is 398 Å². The van der Waals surface area contributed by atoms with Gasteiger partial charge in [-0.05, 0) is 60.2 Å². The van der Waals surface area contributed by atoms with E-state index in [1.54, 1.807) is 34.8 Å². The molecule has 0 radical (unpaired) electrons. The molecule has 0 bridgehead atoms. The van der Waals surface area contributed by atoms with Crippen molar-refractivity contribution in [1.82, 2.24) is 45.1 Å². The number of fused-ring (bicyclic) bond motifs is 2. The number of nitrogens with two attached hydrogens (primary N) is 2. The number of carbonyl (C=O) groups excluding carboxylic acids is 1. The summed E-state index contributed by atoms with van der Waals surface area (Å²) in [5, 5.41) is 8.01. The lowest BCUT2D eigenvalue weighted by Crippen LogP contribution is -2.50. The number of aryl methyl sites for hydroxylation is 4. The van der Waals surface area contributed by atoms with Crippen molar-refractivity contribution in [3.63, 3.8) is 0 Å². The highest BCUT2D eigenvalue weighted by atomic mass is 32.1. The number of hydrogen-bond donors (Lipinski definition) is 3. The Balaban J connectivity index is 0.000000171. The number of rotatable bonds is 14. The predicted octanol–water partition coefficient (Wildman–Crippen LogP) is 6.45. The van der Waals surface area contributed by atoms with Gasteiger partial charge in [0.25, 0.3) is 0 Å². The zero-order valence-electron chi connectivity index (χ0n) is 36.7. The summed E-state index contributed by atoms with van der Waals surface area (Å²) in [6.45, 7) is 7.37. The lowest BCUT2D eigenvalue weighted by Gasteiger charge is -2.35. The Bertz CT molecular complexity index is 2870. The number of amides is 1. The molecule has 346 valence electrons. The summed E-state index contributed by atoms with van der Waals surface area (Å²) >= 11 is 4.73. The SMILES string of the molecule is Nc1nc(N2CCN(CC(=O)NCCc3ccccc3)CC2)c2nc(CCc3ccc(F)cc3)sc2n1.Nc1nc(N2CCN(c3nccs3)CC2)c2nc(CCc3ccc(F)cc3)sc2n1. The molecule has 5 N–H and O–H groups in total. The molecule has 0 atom stereocenters. The van der Waals surface area contributed by atoms with Crippen molar-refractivity contribution in [1.29, 1.82) is 0 Å². The molecular weight excluding hydrogens is 911 g/mol. The summed E-state index contributed by atoms with van der Waals surface area (Å²) in [5.74, 6) is 1.65. The molecule has 0 aliphatic carbocycles. The largest absolute Gasteiger partial charge is 0.368 e. The van der Waals surface area contributed by atoms with E-state index in [2.05, 4.69) is 62.0 Å². The lowest BCUT2D eigenvalue weighted by molar-refractivity contribution is -0.122. The van der Waals surface area contributed by atoms with E-state index in [1.165, 1.54) is 41.2 Å². The topological polar surface area (TPSA) is 184 Å². The number of benzene rings is 3. The van der Waals surface area contributed by atoms with E-state index in [9.17, 15) is 13.6 Å². The third kappa shape index (κ3) is 11.9. The van der Waals surface area contributed by atoms with Crippen LogP contribution in [0.5, 0.6) is 0 Å². The van der Waals surface area contributed by atoms with Crippen molar-refractivity contribution < 1.29 is 13.6 Å². The number of hydrogen-bond acceptors (Lipinski definition) is 17. The van der Waals surface area contributed by atoms with Crippen molar-refractivity contribution in [3.8, 4) is 0 Å². The Morgan fingerprint density at radius 2 is 1.07 bits per heavy atom. The van der Waals surface area contributed by atoms with Crippen LogP contribution in [0.3, 0.4) is 0 Å². The minimum Gasteiger partial charge on any atom is -0.368 e. The molecule has 2 saturated heterocycles. The van der Waals surface area contributed by atoms with Crippen LogP contribution in [0.15, 0.2) is 90.4 Å². The van der Waals surface area contributed by atoms with E-state index < -0.39 is 0 Å². The molecule has 1 amide bonds. The van der Waals surface area contributed by atoms with Crippen molar-refractivity contribution in [2.24, 2.45) is 0 Å². The van der Waals surface area contributed by atoms with Crippen LogP contribution >= 0.6 is 34.0 Å². The zero-order chi connectivity index (χ0) is 46.1. The third-order valence-corrected chi connectivity index (χ3v) is 14.4. The van der Waals surface area contributed by atoms with Crippen molar-refractivity contribution >= 4 is 89.3 Å². The Morgan fingerprint density at radius 3 is 1.58 bits per heavy atom. The van der Waals surface area contributed by atoms with Crippen LogP contribution in [0.4, 0.5) is 37.4 Å². The van der Waals surface area contributed by atoms with Gasteiger partial charge >= 0.3 is 0 Å². The van der Waals surface area contributed by atoms with Gasteiger partial charge in [-0.25, -0.2) is 33.7 Å². The molecule has 0 spiro atoms. The van der Waals surface area contributed by atoms with Gasteiger partial charge in [-0.1, -0.05) is 77.3 Å². The van der Waals surface area contributed by atoms with Gasteiger partial charge in [0, 0.05) is 83.3 Å². The van der Waals surface area contributed by atoms with Crippen LogP contribution < -0.4 is 31.5 Å². The van der Waals surface area contributed by atoms with Crippen molar-refractivity contribution in [3.05, 3.63) is 129 Å². The standard InChI is InChI=1S/C27H30FN7OS.C20H20FN7S2/c28-21-9-6-20(7-10-21)8-11-23-31-24-25(32-27(29)33-26(24)37-23)35-16-14-34(15-17-35)18-22(36)30-13-12-19-4-2-1-3-5-19;21-14-4-1-13(2-5-14)3-6-15-24-16-17(25-19(22)26-18(16)30-15)27-8-10-28(11-9-27)20-23-7-12-29-20/h1-7,9-10H,8,11-18H2,(H,30,36)(H2,29,32,33);1-2,4-5,7,12H,3,6,8-11H2,(H2,22,25,26). The van der Waals surface area contributed by atoms with Crippen LogP contribution in [-0.4, -0.2) is 111 Å². The number of aromatic nitrogens is 7. The quantitative estimate of drug-likeness (QED) is 0.108. The molecule has 15 nitrogen and oxygen atoms in total. The fraction of sp³-hybridized carbons (Fsp3) is 0.319. The first kappa shape index (κ1) is 45.7. The molecule has 2 fully saturated rings. The predicted molar refractivity (Wildman–Crippen MR) is 265 cm³/mol. The van der Waals surface area contributed by atoms with Crippen LogP contribution in [0, 0.1) is 11.6 Å². The second-order valence-corrected chi connectivity index (χ2v) is 19.2. The average molecular weight is 961 g/mol. The molecule has 20 heteroatoms. The lowest BCUT2D eigenvalue weighted by atomic mass is 10.1. The molecule has 8 aromatic rings. The fourth-order valence-electron chi connectivity index (χ4n) is 8.04. The number of nitrogens with zero attached hydrogens (tertiary/aromatic N) is 11. The van der Waals surface area contributed by atoms with Gasteiger partial charge in [0.1, 0.15) is 22.7 Å². The minimum absolute atomic E-state index is 0.0448. The second-order valence-electron chi connectivity index (χ2n) is 16.2. The first-order chi connectivity index (χ1) is 32.7.